The molecule has 0 bridgehead atoms. The molecule has 1 fully saturated rings. The molecule has 2 aliphatic rings. The van der Waals surface area contributed by atoms with Gasteiger partial charge in [-0.3, -0.25) is 19.2 Å². The molecule has 3 amide bonds. The van der Waals surface area contributed by atoms with E-state index in [-0.39, 0.29) is 22.3 Å². The lowest BCUT2D eigenvalue weighted by atomic mass is 9.82. The highest BCUT2D eigenvalue weighted by atomic mass is 35.5. The first-order valence-corrected chi connectivity index (χ1v) is 15.5. The number of thiazole rings is 1. The molecule has 0 aliphatic carbocycles. The summed E-state index contributed by atoms with van der Waals surface area (Å²) >= 11 is 26.5. The fourth-order valence-electron chi connectivity index (χ4n) is 5.00. The highest BCUT2D eigenvalue weighted by Crippen LogP contribution is 2.54. The molecule has 0 spiro atoms. The van der Waals surface area contributed by atoms with Gasteiger partial charge in [-0.25, -0.2) is 4.90 Å². The van der Waals surface area contributed by atoms with Crippen molar-refractivity contribution in [2.24, 2.45) is 5.92 Å². The molecule has 8 nitrogen and oxygen atoms in total. The van der Waals surface area contributed by atoms with Gasteiger partial charge in [0.15, 0.2) is 6.61 Å². The van der Waals surface area contributed by atoms with Gasteiger partial charge in [-0.2, -0.15) is 0 Å². The topological polar surface area (TPSA) is 109 Å². The minimum absolute atomic E-state index is 0.274. The van der Waals surface area contributed by atoms with Gasteiger partial charge >= 0.3 is 4.87 Å². The van der Waals surface area contributed by atoms with Crippen LogP contribution in [0, 0.1) is 5.92 Å². The molecule has 1 aromatic heterocycles. The number of aromatic nitrogens is 1. The second-order valence-corrected chi connectivity index (χ2v) is 13.2. The van der Waals surface area contributed by atoms with E-state index in [1.807, 2.05) is 0 Å². The third-order valence-corrected chi connectivity index (χ3v) is 10.4. The minimum Gasteiger partial charge on any atom is -0.483 e. The van der Waals surface area contributed by atoms with Crippen LogP contribution in [0.5, 0.6) is 5.75 Å². The van der Waals surface area contributed by atoms with E-state index in [0.29, 0.717) is 41.9 Å². The number of fused-ring (bicyclic) bond motifs is 2. The van der Waals surface area contributed by atoms with Crippen molar-refractivity contribution < 1.29 is 19.1 Å². The summed E-state index contributed by atoms with van der Waals surface area (Å²) in [5.74, 6) is -2.67. The van der Waals surface area contributed by atoms with Gasteiger partial charge in [0.25, 0.3) is 5.91 Å². The highest BCUT2D eigenvalue weighted by molar-refractivity contribution is 8.00. The van der Waals surface area contributed by atoms with Crippen LogP contribution < -0.4 is 19.8 Å². The number of hydrogen-bond acceptors (Lipinski definition) is 7. The number of aromatic amines is 1. The van der Waals surface area contributed by atoms with E-state index < -0.39 is 34.8 Å². The number of halogens is 4. The number of nitrogens with zero attached hydrogens (tertiary/aromatic N) is 1. The predicted octanol–water partition coefficient (Wildman–Crippen LogP) is 6.86. The van der Waals surface area contributed by atoms with Crippen LogP contribution in [0.25, 0.3) is 0 Å². The lowest BCUT2D eigenvalue weighted by Crippen LogP contribution is -2.32. The van der Waals surface area contributed by atoms with Gasteiger partial charge in [-0.15, -0.1) is 0 Å². The average molecular weight is 681 g/mol. The van der Waals surface area contributed by atoms with Crippen molar-refractivity contribution in [3.05, 3.63) is 101 Å². The molecule has 0 saturated carbocycles. The van der Waals surface area contributed by atoms with Gasteiger partial charge < -0.3 is 15.0 Å². The summed E-state index contributed by atoms with van der Waals surface area (Å²) in [7, 11) is 0. The van der Waals surface area contributed by atoms with Crippen molar-refractivity contribution in [1.29, 1.82) is 0 Å². The minimum atomic E-state index is -0.872. The van der Waals surface area contributed by atoms with E-state index in [1.165, 1.54) is 6.07 Å². The maximum Gasteiger partial charge on any atom is 0.305 e. The molecule has 214 valence electrons. The van der Waals surface area contributed by atoms with Crippen LogP contribution in [-0.4, -0.2) is 34.6 Å². The predicted molar refractivity (Wildman–Crippen MR) is 166 cm³/mol. The van der Waals surface area contributed by atoms with Crippen molar-refractivity contribution in [2.45, 2.75) is 16.2 Å². The maximum absolute atomic E-state index is 14.0. The third kappa shape index (κ3) is 5.43. The van der Waals surface area contributed by atoms with Gasteiger partial charge in [0.1, 0.15) is 11.0 Å². The molecule has 14 heteroatoms. The summed E-state index contributed by atoms with van der Waals surface area (Å²) in [4.78, 5) is 57.0. The molecule has 3 unspecified atom stereocenters. The number of carbonyl (C=O) groups is 3. The number of imide groups is 1. The van der Waals surface area contributed by atoms with Crippen molar-refractivity contribution >= 4 is 98.6 Å². The Bertz CT molecular complexity index is 1810. The molecule has 2 N–H and O–H groups in total. The Morgan fingerprint density at radius 3 is 2.38 bits per heavy atom. The Morgan fingerprint density at radius 1 is 0.905 bits per heavy atom. The molecule has 3 heterocycles. The summed E-state index contributed by atoms with van der Waals surface area (Å²) in [6.45, 7) is -0.384. The Balaban J connectivity index is 1.35. The summed E-state index contributed by atoms with van der Waals surface area (Å²) < 4.78 is 5.95. The zero-order valence-electron chi connectivity index (χ0n) is 21.0. The third-order valence-electron chi connectivity index (χ3n) is 6.78. The van der Waals surface area contributed by atoms with Gasteiger partial charge in [-0.1, -0.05) is 69.5 Å². The quantitative estimate of drug-likeness (QED) is 0.215. The number of benzene rings is 3. The number of rotatable bonds is 6. The molecule has 1 saturated heterocycles. The first-order valence-electron chi connectivity index (χ1n) is 12.3. The van der Waals surface area contributed by atoms with E-state index in [9.17, 15) is 19.2 Å². The van der Waals surface area contributed by atoms with Crippen molar-refractivity contribution in [3.63, 3.8) is 0 Å². The van der Waals surface area contributed by atoms with Gasteiger partial charge in [0, 0.05) is 32.1 Å². The van der Waals surface area contributed by atoms with Crippen molar-refractivity contribution in [1.82, 2.24) is 4.98 Å². The first-order chi connectivity index (χ1) is 20.1. The summed E-state index contributed by atoms with van der Waals surface area (Å²) in [6.07, 6.45) is 0. The molecule has 2 aliphatic heterocycles. The Morgan fingerprint density at radius 2 is 1.64 bits per heavy atom. The summed E-state index contributed by atoms with van der Waals surface area (Å²) in [5.41, 5.74) is 1.29. The average Bonchev–Trinajstić information content (AvgIpc) is 3.44. The summed E-state index contributed by atoms with van der Waals surface area (Å²) in [6, 6.07) is 15.9. The molecule has 42 heavy (non-hydrogen) atoms. The first kappa shape index (κ1) is 29.1. The molecular weight excluding hydrogens is 664 g/mol. The fraction of sp³-hybridized carbons (Fsp3) is 0.143. The van der Waals surface area contributed by atoms with E-state index in [0.717, 1.165) is 28.0 Å². The molecule has 3 aromatic carbocycles. The summed E-state index contributed by atoms with van der Waals surface area (Å²) in [5, 5.41) is 3.82. The zero-order chi connectivity index (χ0) is 29.7. The lowest BCUT2D eigenvalue weighted by molar-refractivity contribution is -0.122. The largest absolute Gasteiger partial charge is 0.483 e. The molecule has 3 atom stereocenters. The number of amides is 3. The number of thioether (sulfide) groups is 1. The van der Waals surface area contributed by atoms with E-state index in [4.69, 9.17) is 51.1 Å². The number of H-pyrrole nitrogens is 1. The van der Waals surface area contributed by atoms with Crippen LogP contribution in [0.1, 0.15) is 16.4 Å². The maximum atomic E-state index is 14.0. The van der Waals surface area contributed by atoms with Crippen molar-refractivity contribution in [2.75, 3.05) is 16.8 Å². The Kier molecular flexibility index (Phi) is 8.03. The second-order valence-electron chi connectivity index (χ2n) is 9.39. The Labute approximate surface area is 266 Å². The molecular formula is C28H17Cl4N3O5S2. The zero-order valence-corrected chi connectivity index (χ0v) is 25.7. The van der Waals surface area contributed by atoms with Gasteiger partial charge in [0.2, 0.25) is 11.8 Å². The number of hydrogen-bond donors (Lipinski definition) is 2. The van der Waals surface area contributed by atoms with E-state index >= 15 is 0 Å². The van der Waals surface area contributed by atoms with Gasteiger partial charge in [-0.05, 0) is 60.7 Å². The highest BCUT2D eigenvalue weighted by Gasteiger charge is 2.56. The van der Waals surface area contributed by atoms with Crippen LogP contribution in [0.15, 0.2) is 70.5 Å². The second kappa shape index (κ2) is 11.6. The van der Waals surface area contributed by atoms with Crippen LogP contribution in [0.4, 0.5) is 11.4 Å². The normalized spacial score (nSPS) is 19.4. The number of carbonyl (C=O) groups excluding carboxylic acids is 3. The molecule has 0 radical (unpaired) electrons. The Hall–Kier alpha value is -2.99. The lowest BCUT2D eigenvalue weighted by Gasteiger charge is -2.31. The van der Waals surface area contributed by atoms with Crippen molar-refractivity contribution in [3.8, 4) is 5.75 Å². The van der Waals surface area contributed by atoms with E-state index in [2.05, 4.69) is 10.3 Å². The van der Waals surface area contributed by atoms with E-state index in [1.54, 1.807) is 54.6 Å². The van der Waals surface area contributed by atoms with Crippen LogP contribution in [0.3, 0.4) is 0 Å². The standard InChI is InChI=1S/C28H17Cl4N3O5S2/c29-12-1-5-15(6-2-12)35-26(37)22-21(23-25(34-28(39)42-23)41-24(22)27(35)38)16-9-13(30)3-8-19(16)40-11-20(36)33-14-4-7-17(31)18(32)10-14/h1-10,21-22,24H,11H2,(H,33,36)(H,34,39). The molecule has 6 rings (SSSR count). The number of ether oxygens (including phenoxy) is 1. The van der Waals surface area contributed by atoms with Crippen LogP contribution >= 0.6 is 69.5 Å². The number of anilines is 2. The van der Waals surface area contributed by atoms with Crippen LogP contribution in [0.2, 0.25) is 20.1 Å². The number of nitrogens with one attached hydrogen (secondary N) is 2. The SMILES string of the molecule is O=C(COc1ccc(Cl)cc1C1c2sc(=O)[nH]c2SC2C(=O)N(c3ccc(Cl)cc3)C(=O)C21)Nc1ccc(Cl)c(Cl)c1. The van der Waals surface area contributed by atoms with Crippen LogP contribution in [-0.2, 0) is 14.4 Å². The molecule has 4 aromatic rings. The fourth-order valence-corrected chi connectivity index (χ4v) is 8.12. The smallest absolute Gasteiger partial charge is 0.305 e. The monoisotopic (exact) mass is 679 g/mol. The van der Waals surface area contributed by atoms with Gasteiger partial charge in [0.05, 0.1) is 26.7 Å².